The van der Waals surface area contributed by atoms with Gasteiger partial charge in [0.05, 0.1) is 12.0 Å². The second-order valence-electron chi connectivity index (χ2n) is 7.01. The van der Waals surface area contributed by atoms with E-state index in [1.54, 1.807) is 6.92 Å². The molecule has 28 heavy (non-hydrogen) atoms. The number of nitrogens with zero attached hydrogens (tertiary/aromatic N) is 4. The number of imide groups is 1. The van der Waals surface area contributed by atoms with Crippen molar-refractivity contribution in [1.29, 1.82) is 0 Å². The van der Waals surface area contributed by atoms with Crippen LogP contribution in [0.5, 0.6) is 0 Å². The molecular weight excluding hydrogens is 370 g/mol. The Labute approximate surface area is 162 Å². The van der Waals surface area contributed by atoms with Crippen molar-refractivity contribution >= 4 is 17.9 Å². The number of unbranched alkanes of at least 4 members (excludes halogenated alkanes) is 1. The number of hydrogen-bond donors (Lipinski definition) is 3. The molecule has 5 atom stereocenters. The largest absolute Gasteiger partial charge is 0.462 e. The number of urea groups is 1. The third kappa shape index (κ3) is 5.55. The van der Waals surface area contributed by atoms with E-state index >= 15 is 0 Å². The predicted molar refractivity (Wildman–Crippen MR) is 97.5 cm³/mol. The van der Waals surface area contributed by atoms with Crippen molar-refractivity contribution in [2.24, 2.45) is 22.5 Å². The highest BCUT2D eigenvalue weighted by molar-refractivity contribution is 5.97. The number of amides is 3. The zero-order chi connectivity index (χ0) is 20.7. The second-order valence-corrected chi connectivity index (χ2v) is 7.01. The summed E-state index contributed by atoms with van der Waals surface area (Å²) in [5.41, 5.74) is 20.0. The van der Waals surface area contributed by atoms with Gasteiger partial charge in [0.1, 0.15) is 25.0 Å². The molecule has 2 aliphatic rings. The molecule has 3 amide bonds. The van der Waals surface area contributed by atoms with Crippen LogP contribution in [0, 0.1) is 5.92 Å². The van der Waals surface area contributed by atoms with Crippen molar-refractivity contribution in [2.75, 3.05) is 19.7 Å². The molecule has 5 N–H and O–H groups in total. The highest BCUT2D eigenvalue weighted by Gasteiger charge is 2.43. The normalized spacial score (nSPS) is 28.5. The molecule has 0 spiro atoms. The predicted octanol–water partition coefficient (Wildman–Crippen LogP) is -0.0323. The van der Waals surface area contributed by atoms with Crippen LogP contribution in [-0.4, -0.2) is 66.9 Å². The molecule has 0 aromatic rings. The van der Waals surface area contributed by atoms with Gasteiger partial charge in [-0.25, -0.2) is 4.79 Å². The summed E-state index contributed by atoms with van der Waals surface area (Å²) in [5.74, 6) is -1.30. The fourth-order valence-corrected chi connectivity index (χ4v) is 3.15. The molecule has 12 nitrogen and oxygen atoms in total. The molecule has 0 radical (unpaired) electrons. The van der Waals surface area contributed by atoms with Crippen molar-refractivity contribution in [1.82, 2.24) is 10.2 Å². The van der Waals surface area contributed by atoms with Crippen LogP contribution in [0.3, 0.4) is 0 Å². The minimum absolute atomic E-state index is 0.145. The summed E-state index contributed by atoms with van der Waals surface area (Å²) < 4.78 is 11.0. The van der Waals surface area contributed by atoms with E-state index in [0.717, 1.165) is 12.8 Å². The molecule has 0 saturated carbocycles. The van der Waals surface area contributed by atoms with Gasteiger partial charge >= 0.3 is 12.0 Å². The molecule has 2 saturated heterocycles. The lowest BCUT2D eigenvalue weighted by molar-refractivity contribution is -0.151. The molecular formula is C16H27N7O5. The Kier molecular flexibility index (Phi) is 8.00. The Morgan fingerprint density at radius 3 is 2.93 bits per heavy atom. The second kappa shape index (κ2) is 10.2. The van der Waals surface area contributed by atoms with Crippen LogP contribution in [-0.2, 0) is 19.1 Å². The van der Waals surface area contributed by atoms with Crippen LogP contribution in [0.1, 0.15) is 32.6 Å². The first-order valence-corrected chi connectivity index (χ1v) is 9.30. The van der Waals surface area contributed by atoms with Crippen LogP contribution in [0.2, 0.25) is 0 Å². The number of esters is 1. The van der Waals surface area contributed by atoms with Gasteiger partial charge in [-0.1, -0.05) is 18.5 Å². The molecule has 2 aliphatic heterocycles. The van der Waals surface area contributed by atoms with Gasteiger partial charge in [0.2, 0.25) is 5.91 Å². The van der Waals surface area contributed by atoms with E-state index in [-0.39, 0.29) is 31.4 Å². The van der Waals surface area contributed by atoms with E-state index < -0.39 is 36.4 Å². The lowest BCUT2D eigenvalue weighted by Gasteiger charge is -2.34. The molecule has 156 valence electrons. The van der Waals surface area contributed by atoms with Crippen molar-refractivity contribution < 1.29 is 23.9 Å². The Bertz CT molecular complexity index is 639. The summed E-state index contributed by atoms with van der Waals surface area (Å²) in [4.78, 5) is 39.9. The van der Waals surface area contributed by atoms with Crippen molar-refractivity contribution in [3.63, 3.8) is 0 Å². The molecule has 2 fully saturated rings. The Morgan fingerprint density at radius 2 is 2.25 bits per heavy atom. The standard InChI is InChI=1S/C16H27N7O5/c1-9-7-23(16(26)20-14(9)24)13-6-11(21-22-19)12(28-13)8-27-15(25)10(18)4-2-3-5-17/h9-13H,2-8,17-18H2,1H3,(H,20,24,26)/t9?,10-,11-,12+,13+/m0/s1. The number of ether oxygens (including phenoxy) is 2. The van der Waals surface area contributed by atoms with E-state index in [1.807, 2.05) is 0 Å². The lowest BCUT2D eigenvalue weighted by Crippen LogP contribution is -2.57. The van der Waals surface area contributed by atoms with Gasteiger partial charge in [0.15, 0.2) is 0 Å². The van der Waals surface area contributed by atoms with E-state index in [4.69, 9.17) is 26.5 Å². The van der Waals surface area contributed by atoms with Crippen LogP contribution in [0.4, 0.5) is 4.79 Å². The first-order valence-electron chi connectivity index (χ1n) is 9.30. The van der Waals surface area contributed by atoms with Gasteiger partial charge in [0, 0.05) is 17.9 Å². The van der Waals surface area contributed by atoms with Crippen molar-refractivity contribution in [3.8, 4) is 0 Å². The van der Waals surface area contributed by atoms with E-state index in [2.05, 4.69) is 15.3 Å². The first-order chi connectivity index (χ1) is 13.4. The molecule has 1 unspecified atom stereocenters. The monoisotopic (exact) mass is 397 g/mol. The third-order valence-electron chi connectivity index (χ3n) is 4.82. The maximum atomic E-state index is 12.1. The maximum absolute atomic E-state index is 12.1. The SMILES string of the molecule is CC1CN([C@H]2C[C@H](N=[N+]=[N-])[C@@H](COC(=O)[C@@H](N)CCCCN)O2)C(=O)NC1=O. The van der Waals surface area contributed by atoms with Crippen LogP contribution < -0.4 is 16.8 Å². The van der Waals surface area contributed by atoms with Gasteiger partial charge in [-0.15, -0.1) is 0 Å². The average Bonchev–Trinajstić information content (AvgIpc) is 3.05. The Morgan fingerprint density at radius 1 is 1.50 bits per heavy atom. The number of carbonyl (C=O) groups excluding carboxylic acids is 3. The summed E-state index contributed by atoms with van der Waals surface area (Å²) >= 11 is 0. The number of azide groups is 1. The zero-order valence-corrected chi connectivity index (χ0v) is 15.8. The number of nitrogens with two attached hydrogens (primary N) is 2. The molecule has 0 bridgehead atoms. The van der Waals surface area contributed by atoms with Gasteiger partial charge < -0.3 is 20.9 Å². The summed E-state index contributed by atoms with van der Waals surface area (Å²) in [6.07, 6.45) is 0.797. The summed E-state index contributed by atoms with van der Waals surface area (Å²) in [6.45, 7) is 2.27. The summed E-state index contributed by atoms with van der Waals surface area (Å²) in [6, 6.07) is -1.94. The summed E-state index contributed by atoms with van der Waals surface area (Å²) in [7, 11) is 0. The maximum Gasteiger partial charge on any atom is 0.326 e. The van der Waals surface area contributed by atoms with E-state index in [9.17, 15) is 14.4 Å². The Balaban J connectivity index is 1.92. The van der Waals surface area contributed by atoms with Gasteiger partial charge in [-0.05, 0) is 24.9 Å². The molecule has 12 heteroatoms. The highest BCUT2D eigenvalue weighted by atomic mass is 16.6. The quantitative estimate of drug-likeness (QED) is 0.160. The van der Waals surface area contributed by atoms with E-state index in [0.29, 0.717) is 13.0 Å². The van der Waals surface area contributed by atoms with Crippen molar-refractivity contribution in [2.45, 2.75) is 57.0 Å². The fourth-order valence-electron chi connectivity index (χ4n) is 3.15. The molecule has 2 rings (SSSR count). The highest BCUT2D eigenvalue weighted by Crippen LogP contribution is 2.28. The van der Waals surface area contributed by atoms with Gasteiger partial charge in [0.25, 0.3) is 0 Å². The minimum Gasteiger partial charge on any atom is -0.462 e. The zero-order valence-electron chi connectivity index (χ0n) is 15.8. The molecule has 0 aliphatic carbocycles. The number of carbonyl (C=O) groups is 3. The average molecular weight is 397 g/mol. The Hall–Kier alpha value is -2.40. The topological polar surface area (TPSA) is 186 Å². The van der Waals surface area contributed by atoms with Gasteiger partial charge in [-0.3, -0.25) is 19.8 Å². The third-order valence-corrected chi connectivity index (χ3v) is 4.82. The molecule has 0 aromatic heterocycles. The van der Waals surface area contributed by atoms with Crippen LogP contribution in [0.25, 0.3) is 10.4 Å². The molecule has 0 aromatic carbocycles. The first kappa shape index (κ1) is 21.9. The lowest BCUT2D eigenvalue weighted by atomic mass is 10.1. The van der Waals surface area contributed by atoms with Crippen LogP contribution >= 0.6 is 0 Å². The molecule has 2 heterocycles. The fraction of sp³-hybridized carbons (Fsp3) is 0.812. The van der Waals surface area contributed by atoms with E-state index in [1.165, 1.54) is 4.90 Å². The number of nitrogens with one attached hydrogen (secondary N) is 1. The smallest absolute Gasteiger partial charge is 0.326 e. The minimum atomic E-state index is -0.763. The summed E-state index contributed by atoms with van der Waals surface area (Å²) in [5, 5.41) is 5.95. The number of hydrogen-bond acceptors (Lipinski definition) is 8. The number of rotatable bonds is 9. The van der Waals surface area contributed by atoms with Gasteiger partial charge in [-0.2, -0.15) is 0 Å². The van der Waals surface area contributed by atoms with Crippen LogP contribution in [0.15, 0.2) is 5.11 Å². The van der Waals surface area contributed by atoms with Crippen molar-refractivity contribution in [3.05, 3.63) is 10.4 Å².